The first-order valence-electron chi connectivity index (χ1n) is 11.0. The van der Waals surface area contributed by atoms with Gasteiger partial charge in [-0.2, -0.15) is 0 Å². The van der Waals surface area contributed by atoms with E-state index in [4.69, 9.17) is 4.99 Å². The zero-order valence-electron chi connectivity index (χ0n) is 17.1. The Hall–Kier alpha value is -1.83. The van der Waals surface area contributed by atoms with Crippen molar-refractivity contribution in [2.45, 2.75) is 63.6 Å². The average molecular weight is 391 g/mol. The van der Waals surface area contributed by atoms with E-state index >= 15 is 0 Å². The molecule has 8 nitrogen and oxygen atoms in total. The number of amides is 3. The minimum atomic E-state index is -0.413. The van der Waals surface area contributed by atoms with Crippen molar-refractivity contribution in [2.24, 2.45) is 4.99 Å². The van der Waals surface area contributed by atoms with Crippen molar-refractivity contribution in [2.75, 3.05) is 46.3 Å². The second-order valence-corrected chi connectivity index (χ2v) is 8.54. The molecule has 2 atom stereocenters. The van der Waals surface area contributed by atoms with Gasteiger partial charge in [-0.25, -0.2) is 9.79 Å². The van der Waals surface area contributed by atoms with Gasteiger partial charge in [0.25, 0.3) is 5.91 Å². The Morgan fingerprint density at radius 2 is 1.50 bits per heavy atom. The molecule has 4 heterocycles. The van der Waals surface area contributed by atoms with Gasteiger partial charge < -0.3 is 19.6 Å². The van der Waals surface area contributed by atoms with E-state index in [1.165, 1.54) is 38.5 Å². The minimum absolute atomic E-state index is 0.211. The Kier molecular flexibility index (Phi) is 6.04. The van der Waals surface area contributed by atoms with Gasteiger partial charge in [0, 0.05) is 33.2 Å². The van der Waals surface area contributed by atoms with E-state index in [9.17, 15) is 9.59 Å². The molecule has 0 aromatic carbocycles. The van der Waals surface area contributed by atoms with Gasteiger partial charge in [-0.15, -0.1) is 0 Å². The molecule has 156 valence electrons. The number of carbonyl (C=O) groups excluding carboxylic acids is 2. The molecule has 1 N–H and O–H groups in total. The van der Waals surface area contributed by atoms with Gasteiger partial charge >= 0.3 is 6.03 Å². The van der Waals surface area contributed by atoms with Crippen molar-refractivity contribution in [3.8, 4) is 0 Å². The van der Waals surface area contributed by atoms with Crippen LogP contribution in [0.3, 0.4) is 0 Å². The van der Waals surface area contributed by atoms with Crippen LogP contribution in [0.15, 0.2) is 4.99 Å². The Morgan fingerprint density at radius 1 is 0.893 bits per heavy atom. The van der Waals surface area contributed by atoms with Crippen molar-refractivity contribution in [3.05, 3.63) is 0 Å². The molecule has 0 aromatic heterocycles. The highest BCUT2D eigenvalue weighted by Gasteiger charge is 2.49. The summed E-state index contributed by atoms with van der Waals surface area (Å²) < 4.78 is 0. The molecule has 8 heteroatoms. The molecule has 0 aromatic rings. The topological polar surface area (TPSA) is 71.5 Å². The van der Waals surface area contributed by atoms with Crippen LogP contribution in [0.4, 0.5) is 4.79 Å². The molecule has 0 radical (unpaired) electrons. The standard InChI is InChI=1S/C20H34N6O2/c1-23-17-16(18(27)22-20(23)28)26(15-14-24-10-6-2-3-7-11-24)19(21-17)25-12-8-4-5-9-13-25/h16-17H,2-15H2,1H3,(H,22,27,28). The number of fused-ring (bicyclic) bond motifs is 1. The maximum atomic E-state index is 12.7. The van der Waals surface area contributed by atoms with Crippen LogP contribution >= 0.6 is 0 Å². The van der Waals surface area contributed by atoms with Gasteiger partial charge in [0.2, 0.25) is 0 Å². The molecule has 2 unspecified atom stereocenters. The smallest absolute Gasteiger partial charge is 0.325 e. The summed E-state index contributed by atoms with van der Waals surface area (Å²) >= 11 is 0. The number of likely N-dealkylation sites (tertiary alicyclic amines) is 2. The van der Waals surface area contributed by atoms with Crippen LogP contribution in [-0.2, 0) is 4.79 Å². The lowest BCUT2D eigenvalue weighted by molar-refractivity contribution is -0.127. The highest BCUT2D eigenvalue weighted by Crippen LogP contribution is 2.26. The van der Waals surface area contributed by atoms with E-state index in [2.05, 4.69) is 20.0 Å². The Morgan fingerprint density at radius 3 is 2.14 bits per heavy atom. The number of urea groups is 1. The van der Waals surface area contributed by atoms with Crippen molar-refractivity contribution in [3.63, 3.8) is 0 Å². The number of imide groups is 1. The number of nitrogens with zero attached hydrogens (tertiary/aromatic N) is 5. The predicted molar refractivity (Wildman–Crippen MR) is 108 cm³/mol. The maximum Gasteiger partial charge on any atom is 0.325 e. The van der Waals surface area contributed by atoms with E-state index in [1.54, 1.807) is 11.9 Å². The number of hydrogen-bond donors (Lipinski definition) is 1. The molecular weight excluding hydrogens is 356 g/mol. The van der Waals surface area contributed by atoms with Crippen molar-refractivity contribution in [1.82, 2.24) is 24.9 Å². The third-order valence-electron chi connectivity index (χ3n) is 6.58. The minimum Gasteiger partial charge on any atom is -0.343 e. The highest BCUT2D eigenvalue weighted by atomic mass is 16.2. The Labute approximate surface area is 167 Å². The van der Waals surface area contributed by atoms with E-state index in [0.717, 1.165) is 58.1 Å². The molecule has 0 bridgehead atoms. The summed E-state index contributed by atoms with van der Waals surface area (Å²) in [7, 11) is 1.74. The fourth-order valence-electron chi connectivity index (χ4n) is 4.89. The first-order chi connectivity index (χ1) is 13.6. The molecule has 0 spiro atoms. The molecule has 3 saturated heterocycles. The molecule has 4 aliphatic rings. The van der Waals surface area contributed by atoms with Crippen LogP contribution in [0.5, 0.6) is 0 Å². The summed E-state index contributed by atoms with van der Waals surface area (Å²) in [6.45, 7) is 5.98. The number of nitrogens with one attached hydrogen (secondary N) is 1. The highest BCUT2D eigenvalue weighted by molar-refractivity contribution is 6.03. The molecule has 3 fully saturated rings. The van der Waals surface area contributed by atoms with E-state index < -0.39 is 12.2 Å². The zero-order valence-corrected chi connectivity index (χ0v) is 17.1. The van der Waals surface area contributed by atoms with Crippen LogP contribution in [-0.4, -0.2) is 96.0 Å². The lowest BCUT2D eigenvalue weighted by Crippen LogP contribution is -2.64. The van der Waals surface area contributed by atoms with Gasteiger partial charge in [0.05, 0.1) is 0 Å². The van der Waals surface area contributed by atoms with Crippen molar-refractivity contribution < 1.29 is 9.59 Å². The first-order valence-corrected chi connectivity index (χ1v) is 11.0. The number of guanidine groups is 1. The predicted octanol–water partition coefficient (Wildman–Crippen LogP) is 1.29. The number of rotatable bonds is 3. The molecule has 0 saturated carbocycles. The van der Waals surface area contributed by atoms with E-state index in [1.807, 2.05) is 0 Å². The molecular formula is C20H34N6O2. The molecule has 3 amide bonds. The third-order valence-corrected chi connectivity index (χ3v) is 6.58. The lowest BCUT2D eigenvalue weighted by Gasteiger charge is -2.38. The van der Waals surface area contributed by atoms with Gasteiger partial charge in [-0.3, -0.25) is 10.1 Å². The van der Waals surface area contributed by atoms with Crippen LogP contribution < -0.4 is 5.32 Å². The van der Waals surface area contributed by atoms with Crippen LogP contribution in [0, 0.1) is 0 Å². The van der Waals surface area contributed by atoms with Crippen LogP contribution in [0.1, 0.15) is 51.4 Å². The summed E-state index contributed by atoms with van der Waals surface area (Å²) in [5.74, 6) is 0.709. The average Bonchev–Trinajstić information content (AvgIpc) is 2.90. The summed E-state index contributed by atoms with van der Waals surface area (Å²) in [5, 5.41) is 2.52. The molecule has 28 heavy (non-hydrogen) atoms. The van der Waals surface area contributed by atoms with Gasteiger partial charge in [-0.1, -0.05) is 25.7 Å². The van der Waals surface area contributed by atoms with Gasteiger partial charge in [0.1, 0.15) is 0 Å². The SMILES string of the molecule is CN1C(=O)NC(=O)C2C1N=C(N1CCCCCC1)N2CCN1CCCCCC1. The second-order valence-electron chi connectivity index (χ2n) is 8.54. The summed E-state index contributed by atoms with van der Waals surface area (Å²) in [6, 6.07) is -0.757. The summed E-state index contributed by atoms with van der Waals surface area (Å²) in [4.78, 5) is 38.4. The molecule has 0 aliphatic carbocycles. The second kappa shape index (κ2) is 8.68. The van der Waals surface area contributed by atoms with Gasteiger partial charge in [0.15, 0.2) is 18.2 Å². The molecule has 4 rings (SSSR count). The number of aliphatic imine (C=N–C) groups is 1. The third kappa shape index (κ3) is 3.97. The quantitative estimate of drug-likeness (QED) is 0.786. The van der Waals surface area contributed by atoms with Gasteiger partial charge in [-0.05, 0) is 38.8 Å². The lowest BCUT2D eigenvalue weighted by atomic mass is 10.1. The zero-order chi connectivity index (χ0) is 19.5. The number of hydrogen-bond acceptors (Lipinski definition) is 6. The van der Waals surface area contributed by atoms with Crippen molar-refractivity contribution in [1.29, 1.82) is 0 Å². The normalized spacial score (nSPS) is 29.9. The van der Waals surface area contributed by atoms with Crippen molar-refractivity contribution >= 4 is 17.9 Å². The van der Waals surface area contributed by atoms with E-state index in [0.29, 0.717) is 0 Å². The number of carbonyl (C=O) groups is 2. The fourth-order valence-corrected chi connectivity index (χ4v) is 4.89. The molecule has 4 aliphatic heterocycles. The van der Waals surface area contributed by atoms with E-state index in [-0.39, 0.29) is 11.9 Å². The first kappa shape index (κ1) is 19.5. The fraction of sp³-hybridized carbons (Fsp3) is 0.850. The maximum absolute atomic E-state index is 12.7. The Bertz CT molecular complexity index is 608. The number of likely N-dealkylation sites (N-methyl/N-ethyl adjacent to an activating group) is 1. The largest absolute Gasteiger partial charge is 0.343 e. The van der Waals surface area contributed by atoms with Crippen LogP contribution in [0.25, 0.3) is 0 Å². The summed E-state index contributed by atoms with van der Waals surface area (Å²) in [5.41, 5.74) is 0. The Balaban J connectivity index is 1.53. The monoisotopic (exact) mass is 390 g/mol. The summed E-state index contributed by atoms with van der Waals surface area (Å²) in [6.07, 6.45) is 9.58. The van der Waals surface area contributed by atoms with Crippen LogP contribution in [0.2, 0.25) is 0 Å².